The third kappa shape index (κ3) is 34.3. The zero-order chi connectivity index (χ0) is 36.8. The molecule has 0 aliphatic rings. The van der Waals surface area contributed by atoms with Crippen molar-refractivity contribution in [3.8, 4) is 0 Å². The number of rotatable bonds is 32. The molecule has 282 valence electrons. The van der Waals surface area contributed by atoms with Crippen LogP contribution in [0.2, 0.25) is 0 Å². The molecule has 0 fully saturated rings. The SMILES string of the molecule is CCCCCC=CCC=C(O)CC=CCC=CCCCC(=O)NC(CCC)NC(=O)CCCC=CCC=CCC(O)=CCC=CCCCCC. The molecule has 0 saturated carbocycles. The van der Waals surface area contributed by atoms with Crippen molar-refractivity contribution in [2.75, 3.05) is 0 Å². The van der Waals surface area contributed by atoms with E-state index in [1.54, 1.807) is 0 Å². The van der Waals surface area contributed by atoms with Crippen molar-refractivity contribution >= 4 is 11.8 Å². The summed E-state index contributed by atoms with van der Waals surface area (Å²) in [4.78, 5) is 25.0. The molecule has 0 saturated heterocycles. The highest BCUT2D eigenvalue weighted by atomic mass is 16.3. The Labute approximate surface area is 306 Å². The number of hydrogen-bond donors (Lipinski definition) is 4. The summed E-state index contributed by atoms with van der Waals surface area (Å²) in [6, 6.07) is 0. The topological polar surface area (TPSA) is 98.7 Å². The maximum atomic E-state index is 12.5. The van der Waals surface area contributed by atoms with Crippen molar-refractivity contribution in [1.82, 2.24) is 10.6 Å². The van der Waals surface area contributed by atoms with Crippen LogP contribution < -0.4 is 10.6 Å². The second-order valence-electron chi connectivity index (χ2n) is 12.8. The number of carbonyl (C=O) groups is 2. The molecular formula is C44H72N2O4. The molecule has 0 aromatic heterocycles. The van der Waals surface area contributed by atoms with E-state index >= 15 is 0 Å². The molecule has 0 aromatic rings. The molecule has 0 unspecified atom stereocenters. The summed E-state index contributed by atoms with van der Waals surface area (Å²) in [7, 11) is 0. The Kier molecular flexibility index (Phi) is 34.1. The molecule has 0 bridgehead atoms. The second-order valence-corrected chi connectivity index (χ2v) is 12.8. The van der Waals surface area contributed by atoms with Crippen molar-refractivity contribution < 1.29 is 19.8 Å². The average molecular weight is 693 g/mol. The lowest BCUT2D eigenvalue weighted by molar-refractivity contribution is -0.124. The summed E-state index contributed by atoms with van der Waals surface area (Å²) in [5.74, 6) is 0.727. The van der Waals surface area contributed by atoms with Gasteiger partial charge in [-0.05, 0) is 95.6 Å². The summed E-state index contributed by atoms with van der Waals surface area (Å²) in [6.45, 7) is 6.45. The first kappa shape index (κ1) is 46.5. The molecule has 0 aliphatic carbocycles. The highest BCUT2D eigenvalue weighted by Crippen LogP contribution is 2.07. The Morgan fingerprint density at radius 2 is 0.860 bits per heavy atom. The van der Waals surface area contributed by atoms with Crippen LogP contribution >= 0.6 is 0 Å². The maximum Gasteiger partial charge on any atom is 0.221 e. The van der Waals surface area contributed by atoms with E-state index in [0.29, 0.717) is 43.6 Å². The number of amides is 2. The first-order chi connectivity index (χ1) is 24.4. The third-order valence-corrected chi connectivity index (χ3v) is 7.92. The van der Waals surface area contributed by atoms with Crippen LogP contribution in [-0.2, 0) is 9.59 Å². The predicted molar refractivity (Wildman–Crippen MR) is 215 cm³/mol. The van der Waals surface area contributed by atoms with Gasteiger partial charge in [-0.15, -0.1) is 0 Å². The van der Waals surface area contributed by atoms with Crippen LogP contribution in [-0.4, -0.2) is 28.2 Å². The molecule has 0 atom stereocenters. The molecule has 0 heterocycles. The van der Waals surface area contributed by atoms with E-state index in [-0.39, 0.29) is 18.0 Å². The van der Waals surface area contributed by atoms with E-state index in [9.17, 15) is 19.8 Å². The normalized spacial score (nSPS) is 13.7. The third-order valence-electron chi connectivity index (χ3n) is 7.92. The zero-order valence-electron chi connectivity index (χ0n) is 31.9. The van der Waals surface area contributed by atoms with Crippen molar-refractivity contribution in [2.24, 2.45) is 0 Å². The van der Waals surface area contributed by atoms with Gasteiger partial charge in [0.1, 0.15) is 6.17 Å². The summed E-state index contributed by atoms with van der Waals surface area (Å²) in [5.41, 5.74) is 0. The predicted octanol–water partition coefficient (Wildman–Crippen LogP) is 12.4. The maximum absolute atomic E-state index is 12.5. The molecule has 0 aliphatic heterocycles. The van der Waals surface area contributed by atoms with Gasteiger partial charge < -0.3 is 20.8 Å². The lowest BCUT2D eigenvalue weighted by Crippen LogP contribution is -2.47. The van der Waals surface area contributed by atoms with E-state index in [4.69, 9.17) is 0 Å². The van der Waals surface area contributed by atoms with Gasteiger partial charge >= 0.3 is 0 Å². The van der Waals surface area contributed by atoms with E-state index < -0.39 is 0 Å². The van der Waals surface area contributed by atoms with Crippen LogP contribution in [0.1, 0.15) is 162 Å². The molecule has 0 radical (unpaired) electrons. The molecule has 2 amide bonds. The molecule has 0 aromatic carbocycles. The number of hydrogen-bond acceptors (Lipinski definition) is 4. The number of aliphatic hydroxyl groups excluding tert-OH is 2. The molecule has 6 nitrogen and oxygen atoms in total. The summed E-state index contributed by atoms with van der Waals surface area (Å²) < 4.78 is 0. The fourth-order valence-electron chi connectivity index (χ4n) is 4.98. The average Bonchev–Trinajstić information content (AvgIpc) is 3.09. The quantitative estimate of drug-likeness (QED) is 0.0244. The highest BCUT2D eigenvalue weighted by molar-refractivity contribution is 5.79. The molecular weight excluding hydrogens is 620 g/mol. The summed E-state index contributed by atoms with van der Waals surface area (Å²) in [6.07, 6.45) is 47.9. The van der Waals surface area contributed by atoms with Crippen molar-refractivity contribution in [2.45, 2.75) is 168 Å². The van der Waals surface area contributed by atoms with Gasteiger partial charge in [0.2, 0.25) is 11.8 Å². The van der Waals surface area contributed by atoms with Crippen molar-refractivity contribution in [3.63, 3.8) is 0 Å². The smallest absolute Gasteiger partial charge is 0.221 e. The van der Waals surface area contributed by atoms with Gasteiger partial charge in [0.05, 0.1) is 11.5 Å². The van der Waals surface area contributed by atoms with Crippen LogP contribution in [0.5, 0.6) is 0 Å². The Morgan fingerprint density at radius 3 is 1.26 bits per heavy atom. The fraction of sp³-hybridized carbons (Fsp3) is 0.591. The van der Waals surface area contributed by atoms with Gasteiger partial charge in [0, 0.05) is 25.7 Å². The van der Waals surface area contributed by atoms with Crippen molar-refractivity contribution in [3.05, 3.63) is 96.6 Å². The minimum atomic E-state index is -0.332. The molecule has 50 heavy (non-hydrogen) atoms. The first-order valence-corrected chi connectivity index (χ1v) is 19.7. The monoisotopic (exact) mass is 693 g/mol. The number of allylic oxidation sites excluding steroid dienone is 14. The number of carbonyl (C=O) groups excluding carboxylic acids is 2. The Balaban J connectivity index is 4.07. The molecule has 0 spiro atoms. The lowest BCUT2D eigenvalue weighted by Gasteiger charge is -2.19. The van der Waals surface area contributed by atoms with Gasteiger partial charge in [-0.2, -0.15) is 0 Å². The van der Waals surface area contributed by atoms with Crippen LogP contribution in [0.25, 0.3) is 0 Å². The highest BCUT2D eigenvalue weighted by Gasteiger charge is 2.13. The number of nitrogens with one attached hydrogen (secondary N) is 2. The van der Waals surface area contributed by atoms with Crippen LogP contribution in [0.4, 0.5) is 0 Å². The Hall–Kier alpha value is -3.54. The molecule has 0 rings (SSSR count). The van der Waals surface area contributed by atoms with E-state index in [1.807, 2.05) is 43.4 Å². The fourth-order valence-corrected chi connectivity index (χ4v) is 4.98. The van der Waals surface area contributed by atoms with Gasteiger partial charge in [0.25, 0.3) is 0 Å². The van der Waals surface area contributed by atoms with E-state index in [2.05, 4.69) is 73.1 Å². The Bertz CT molecular complexity index is 996. The Morgan fingerprint density at radius 1 is 0.480 bits per heavy atom. The minimum Gasteiger partial charge on any atom is -0.512 e. The van der Waals surface area contributed by atoms with E-state index in [1.165, 1.54) is 38.5 Å². The van der Waals surface area contributed by atoms with Crippen LogP contribution in [0, 0.1) is 0 Å². The second kappa shape index (κ2) is 36.7. The van der Waals surface area contributed by atoms with Crippen molar-refractivity contribution in [1.29, 1.82) is 0 Å². The van der Waals surface area contributed by atoms with Gasteiger partial charge in [-0.1, -0.05) is 126 Å². The molecule has 6 heteroatoms. The number of aliphatic hydroxyl groups is 2. The van der Waals surface area contributed by atoms with Gasteiger partial charge in [-0.3, -0.25) is 9.59 Å². The standard InChI is InChI=1S/C44H72N2O4/c1-4-7-9-11-15-21-27-34-40(47)36-29-23-17-13-19-25-31-38-43(49)45-42(33-6-3)46-44(50)39-32-26-20-14-18-24-30-37-41(48)35-28-22-16-12-10-8-5-2/h13-16,19-24,29-30,34-35,42,47-48H,4-12,17-18,25-28,31-33,36-39H2,1-3H3,(H,45,49)(H,46,50). The van der Waals surface area contributed by atoms with Gasteiger partial charge in [0.15, 0.2) is 0 Å². The molecule has 4 N–H and O–H groups in total. The summed E-state index contributed by atoms with van der Waals surface area (Å²) in [5, 5.41) is 25.9. The van der Waals surface area contributed by atoms with Crippen LogP contribution in [0.3, 0.4) is 0 Å². The largest absolute Gasteiger partial charge is 0.512 e. The van der Waals surface area contributed by atoms with Gasteiger partial charge in [-0.25, -0.2) is 0 Å². The number of unbranched alkanes of at least 4 members (excludes halogenated alkanes) is 8. The lowest BCUT2D eigenvalue weighted by atomic mass is 10.1. The first-order valence-electron chi connectivity index (χ1n) is 19.7. The summed E-state index contributed by atoms with van der Waals surface area (Å²) >= 11 is 0. The zero-order valence-corrected chi connectivity index (χ0v) is 31.9. The van der Waals surface area contributed by atoms with E-state index in [0.717, 1.165) is 70.6 Å². The minimum absolute atomic E-state index is 0.0375. The van der Waals surface area contributed by atoms with Crippen LogP contribution in [0.15, 0.2) is 96.6 Å².